The molecule has 0 saturated carbocycles. The Labute approximate surface area is 104 Å². The van der Waals surface area contributed by atoms with E-state index in [1.165, 1.54) is 5.49 Å². The summed E-state index contributed by atoms with van der Waals surface area (Å²) < 4.78 is 0. The van der Waals surface area contributed by atoms with Crippen molar-refractivity contribution < 1.29 is 0 Å². The molecule has 0 radical (unpaired) electrons. The van der Waals surface area contributed by atoms with Crippen LogP contribution < -0.4 is 10.6 Å². The Morgan fingerprint density at radius 1 is 1.25 bits per heavy atom. The number of hydrogen-bond acceptors (Lipinski definition) is 2. The second-order valence-corrected chi connectivity index (χ2v) is 3.75. The van der Waals surface area contributed by atoms with Crippen molar-refractivity contribution >= 4 is 29.5 Å². The van der Waals surface area contributed by atoms with Crippen LogP contribution in [0.2, 0.25) is 0 Å². The highest BCUT2D eigenvalue weighted by Crippen LogP contribution is 2.08. The Hall–Kier alpha value is -1.35. The van der Waals surface area contributed by atoms with Gasteiger partial charge in [0.2, 0.25) is 0 Å². The maximum absolute atomic E-state index is 4.49. The summed E-state index contributed by atoms with van der Waals surface area (Å²) in [7, 11) is 1.91. The van der Waals surface area contributed by atoms with Crippen LogP contribution in [0.3, 0.4) is 0 Å². The van der Waals surface area contributed by atoms with Crippen molar-refractivity contribution in [1.29, 1.82) is 0 Å². The van der Waals surface area contributed by atoms with Crippen LogP contribution in [0.1, 0.15) is 19.4 Å². The maximum atomic E-state index is 4.49. The van der Waals surface area contributed by atoms with E-state index in [9.17, 15) is 0 Å². The summed E-state index contributed by atoms with van der Waals surface area (Å²) in [4.78, 5) is 0. The van der Waals surface area contributed by atoms with Gasteiger partial charge >= 0.3 is 0 Å². The van der Waals surface area contributed by atoms with Crippen molar-refractivity contribution in [3.8, 4) is 0 Å². The van der Waals surface area contributed by atoms with Crippen molar-refractivity contribution in [1.82, 2.24) is 5.32 Å². The average molecular weight is 236 g/mol. The zero-order valence-electron chi connectivity index (χ0n) is 10.2. The molecule has 0 amide bonds. The summed E-state index contributed by atoms with van der Waals surface area (Å²) in [6.07, 6.45) is 1.83. The molecule has 0 bridgehead atoms. The van der Waals surface area contributed by atoms with E-state index in [2.05, 4.69) is 29.4 Å². The minimum atomic E-state index is 0.488. The van der Waals surface area contributed by atoms with Gasteiger partial charge in [0.25, 0.3) is 0 Å². The third-order valence-corrected chi connectivity index (χ3v) is 1.97. The van der Waals surface area contributed by atoms with Crippen molar-refractivity contribution in [2.75, 3.05) is 12.4 Å². The zero-order valence-corrected chi connectivity index (χ0v) is 11.0. The van der Waals surface area contributed by atoms with E-state index in [1.54, 1.807) is 0 Å². The quantitative estimate of drug-likeness (QED) is 0.784. The highest BCUT2D eigenvalue weighted by atomic mass is 32.1. The van der Waals surface area contributed by atoms with E-state index in [-0.39, 0.29) is 0 Å². The van der Waals surface area contributed by atoms with Crippen molar-refractivity contribution in [2.45, 2.75) is 19.9 Å². The number of anilines is 1. The van der Waals surface area contributed by atoms with E-state index in [1.807, 2.05) is 51.2 Å². The van der Waals surface area contributed by atoms with Crippen LogP contribution in [0.15, 0.2) is 30.8 Å². The summed E-state index contributed by atoms with van der Waals surface area (Å²) in [6.45, 7) is 7.75. The van der Waals surface area contributed by atoms with Crippen LogP contribution in [0.4, 0.5) is 5.69 Å². The first-order valence-electron chi connectivity index (χ1n) is 5.24. The predicted molar refractivity (Wildman–Crippen MR) is 78.0 cm³/mol. The number of hydrogen-bond donors (Lipinski definition) is 2. The first kappa shape index (κ1) is 14.6. The summed E-state index contributed by atoms with van der Waals surface area (Å²) in [5.74, 6) is 0. The first-order valence-corrected chi connectivity index (χ1v) is 5.71. The third kappa shape index (κ3) is 7.01. The van der Waals surface area contributed by atoms with Crippen LogP contribution in [-0.4, -0.2) is 18.6 Å². The molecule has 1 aromatic carbocycles. The van der Waals surface area contributed by atoms with Crippen LogP contribution in [0, 0.1) is 0 Å². The molecular weight excluding hydrogens is 216 g/mol. The Balaban J connectivity index is 0.000000325. The minimum absolute atomic E-state index is 0.488. The average Bonchev–Trinajstić information content (AvgIpc) is 2.30. The molecule has 0 spiro atoms. The summed E-state index contributed by atoms with van der Waals surface area (Å²) in [6, 6.07) is 8.59. The molecule has 0 aliphatic rings. The molecule has 0 aliphatic heterocycles. The molecule has 1 rings (SSSR count). The Morgan fingerprint density at radius 3 is 2.06 bits per heavy atom. The summed E-state index contributed by atoms with van der Waals surface area (Å²) >= 11 is 4.49. The SMILES string of the molecule is C=Cc1ccc(NC)cc1.CC(C)NC=S. The van der Waals surface area contributed by atoms with Crippen LogP contribution in [0.25, 0.3) is 6.08 Å². The zero-order chi connectivity index (χ0) is 12.4. The predicted octanol–water partition coefficient (Wildman–Crippen LogP) is 3.31. The first-order chi connectivity index (χ1) is 7.63. The second kappa shape index (κ2) is 8.92. The maximum Gasteiger partial charge on any atom is 0.0616 e. The standard InChI is InChI=1S/C9H11N.C4H9NS/c1-3-8-4-6-9(10-2)7-5-8;1-4(2)5-3-6/h3-7,10H,1H2,2H3;3-4H,1-2H3,(H,5,6). The van der Waals surface area contributed by atoms with Gasteiger partial charge in [-0.1, -0.05) is 37.0 Å². The molecule has 88 valence electrons. The molecular formula is C13H20N2S. The molecule has 0 saturated heterocycles. The molecule has 0 unspecified atom stereocenters. The molecule has 0 aromatic heterocycles. The van der Waals surface area contributed by atoms with E-state index in [0.29, 0.717) is 6.04 Å². The normalized spacial score (nSPS) is 8.75. The molecule has 3 heteroatoms. The minimum Gasteiger partial charge on any atom is -0.388 e. The van der Waals surface area contributed by atoms with Crippen molar-refractivity contribution in [3.05, 3.63) is 36.4 Å². The van der Waals surface area contributed by atoms with E-state index in [4.69, 9.17) is 0 Å². The van der Waals surface area contributed by atoms with Crippen LogP contribution >= 0.6 is 12.2 Å². The fourth-order valence-electron chi connectivity index (χ4n) is 0.922. The van der Waals surface area contributed by atoms with E-state index >= 15 is 0 Å². The number of nitrogens with one attached hydrogen (secondary N) is 2. The van der Waals surface area contributed by atoms with Gasteiger partial charge in [-0.2, -0.15) is 0 Å². The Kier molecular flexibility index (Phi) is 8.17. The van der Waals surface area contributed by atoms with Gasteiger partial charge in [0.15, 0.2) is 0 Å². The summed E-state index contributed by atoms with van der Waals surface area (Å²) in [5.41, 5.74) is 3.81. The lowest BCUT2D eigenvalue weighted by molar-refractivity contribution is 0.749. The molecule has 0 heterocycles. The molecule has 2 nitrogen and oxygen atoms in total. The monoisotopic (exact) mass is 236 g/mol. The van der Waals surface area contributed by atoms with Gasteiger partial charge in [0.1, 0.15) is 0 Å². The van der Waals surface area contributed by atoms with Crippen molar-refractivity contribution in [3.63, 3.8) is 0 Å². The van der Waals surface area contributed by atoms with Gasteiger partial charge in [-0.25, -0.2) is 0 Å². The van der Waals surface area contributed by atoms with E-state index in [0.717, 1.165) is 11.3 Å². The van der Waals surface area contributed by atoms with Gasteiger partial charge < -0.3 is 10.6 Å². The Morgan fingerprint density at radius 2 is 1.81 bits per heavy atom. The molecule has 0 aliphatic carbocycles. The third-order valence-electron chi connectivity index (χ3n) is 1.84. The van der Waals surface area contributed by atoms with Gasteiger partial charge in [-0.3, -0.25) is 0 Å². The van der Waals surface area contributed by atoms with Crippen LogP contribution in [-0.2, 0) is 0 Å². The lowest BCUT2D eigenvalue weighted by Crippen LogP contribution is -2.18. The number of rotatable bonds is 4. The topological polar surface area (TPSA) is 24.1 Å². The van der Waals surface area contributed by atoms with Crippen molar-refractivity contribution in [2.24, 2.45) is 0 Å². The molecule has 2 N–H and O–H groups in total. The van der Waals surface area contributed by atoms with Gasteiger partial charge in [0.05, 0.1) is 5.49 Å². The highest BCUT2D eigenvalue weighted by molar-refractivity contribution is 7.78. The lowest BCUT2D eigenvalue weighted by Gasteiger charge is -1.98. The van der Waals surface area contributed by atoms with Gasteiger partial charge in [-0.15, -0.1) is 0 Å². The summed E-state index contributed by atoms with van der Waals surface area (Å²) in [5, 5.41) is 5.94. The fraction of sp³-hybridized carbons (Fsp3) is 0.308. The Bertz CT molecular complexity index is 304. The largest absolute Gasteiger partial charge is 0.388 e. The molecule has 0 atom stereocenters. The molecule has 16 heavy (non-hydrogen) atoms. The molecule has 1 aromatic rings. The highest BCUT2D eigenvalue weighted by Gasteiger charge is 1.85. The fourth-order valence-corrected chi connectivity index (χ4v) is 1.19. The van der Waals surface area contributed by atoms with Gasteiger partial charge in [-0.05, 0) is 31.5 Å². The lowest BCUT2D eigenvalue weighted by atomic mass is 10.2. The number of benzene rings is 1. The number of thiocarbonyl (C=S) groups is 1. The smallest absolute Gasteiger partial charge is 0.0616 e. The van der Waals surface area contributed by atoms with Gasteiger partial charge in [0, 0.05) is 18.8 Å². The van der Waals surface area contributed by atoms with E-state index < -0.39 is 0 Å². The molecule has 0 fully saturated rings. The van der Waals surface area contributed by atoms with Crippen LogP contribution in [0.5, 0.6) is 0 Å². The second-order valence-electron chi connectivity index (χ2n) is 3.52.